The number of hydrogen-bond donors (Lipinski definition) is 1. The lowest BCUT2D eigenvalue weighted by Gasteiger charge is -2.26. The van der Waals surface area contributed by atoms with Crippen LogP contribution in [0.1, 0.15) is 110 Å². The lowest BCUT2D eigenvalue weighted by molar-refractivity contribution is 0.307. The summed E-state index contributed by atoms with van der Waals surface area (Å²) >= 11 is 0. The van der Waals surface area contributed by atoms with Gasteiger partial charge in [0.2, 0.25) is 0 Å². The molecule has 1 saturated carbocycles. The van der Waals surface area contributed by atoms with Crippen LogP contribution in [0.3, 0.4) is 0 Å². The van der Waals surface area contributed by atoms with Crippen molar-refractivity contribution in [2.45, 2.75) is 116 Å². The molecule has 1 N–H and O–H groups in total. The summed E-state index contributed by atoms with van der Waals surface area (Å²) in [6.45, 7) is 5.81. The Balaban J connectivity index is 2.09. The Hall–Kier alpha value is -0.0400. The summed E-state index contributed by atoms with van der Waals surface area (Å²) in [4.78, 5) is 0. The fourth-order valence-electron chi connectivity index (χ4n) is 3.87. The van der Waals surface area contributed by atoms with E-state index < -0.39 is 0 Å². The molecular formula is C20H41N. The van der Waals surface area contributed by atoms with Gasteiger partial charge in [-0.05, 0) is 38.1 Å². The molecule has 2 atom stereocenters. The minimum atomic E-state index is 0.831. The predicted octanol–water partition coefficient (Wildman–Crippen LogP) is 6.47. The van der Waals surface area contributed by atoms with Crippen LogP contribution in [0.5, 0.6) is 0 Å². The van der Waals surface area contributed by atoms with E-state index in [1.807, 2.05) is 0 Å². The second kappa shape index (κ2) is 13.6. The highest BCUT2D eigenvalue weighted by Crippen LogP contribution is 2.28. The second-order valence-electron chi connectivity index (χ2n) is 7.22. The lowest BCUT2D eigenvalue weighted by Crippen LogP contribution is -2.36. The molecule has 0 aromatic carbocycles. The molecule has 0 bridgehead atoms. The first kappa shape index (κ1) is 19.0. The maximum Gasteiger partial charge on any atom is 0.00953 e. The van der Waals surface area contributed by atoms with E-state index in [1.54, 1.807) is 0 Å². The zero-order chi connectivity index (χ0) is 15.2. The van der Waals surface area contributed by atoms with Crippen molar-refractivity contribution in [2.24, 2.45) is 5.92 Å². The second-order valence-corrected chi connectivity index (χ2v) is 7.22. The molecular weight excluding hydrogens is 254 g/mol. The summed E-state index contributed by atoms with van der Waals surface area (Å²) in [6, 6.07) is 0.831. The fraction of sp³-hybridized carbons (Fsp3) is 1.00. The average Bonchev–Trinajstić information content (AvgIpc) is 2.73. The highest BCUT2D eigenvalue weighted by molar-refractivity contribution is 4.79. The highest BCUT2D eigenvalue weighted by atomic mass is 14.9. The van der Waals surface area contributed by atoms with Crippen molar-refractivity contribution in [3.8, 4) is 0 Å². The van der Waals surface area contributed by atoms with Crippen LogP contribution in [0.25, 0.3) is 0 Å². The molecule has 1 nitrogen and oxygen atoms in total. The van der Waals surface area contributed by atoms with E-state index in [0.29, 0.717) is 0 Å². The van der Waals surface area contributed by atoms with Crippen molar-refractivity contribution in [1.29, 1.82) is 0 Å². The first-order valence-corrected chi connectivity index (χ1v) is 10.1. The van der Waals surface area contributed by atoms with Gasteiger partial charge in [-0.1, -0.05) is 84.5 Å². The van der Waals surface area contributed by atoms with Gasteiger partial charge in [0.15, 0.2) is 0 Å². The van der Waals surface area contributed by atoms with Crippen molar-refractivity contribution in [2.75, 3.05) is 6.54 Å². The van der Waals surface area contributed by atoms with E-state index in [1.165, 1.54) is 103 Å². The summed E-state index contributed by atoms with van der Waals surface area (Å²) in [5.74, 6) is 0.971. The molecule has 0 saturated heterocycles. The van der Waals surface area contributed by atoms with Gasteiger partial charge in [0, 0.05) is 6.04 Å². The Morgan fingerprint density at radius 2 is 1.38 bits per heavy atom. The van der Waals surface area contributed by atoms with Crippen molar-refractivity contribution < 1.29 is 0 Å². The Bertz CT molecular complexity index is 214. The molecule has 2 unspecified atom stereocenters. The maximum absolute atomic E-state index is 3.84. The van der Waals surface area contributed by atoms with E-state index >= 15 is 0 Å². The molecule has 0 aliphatic heterocycles. The van der Waals surface area contributed by atoms with Gasteiger partial charge in [-0.2, -0.15) is 0 Å². The van der Waals surface area contributed by atoms with E-state index in [9.17, 15) is 0 Å². The average molecular weight is 296 g/mol. The summed E-state index contributed by atoms with van der Waals surface area (Å²) in [7, 11) is 0. The van der Waals surface area contributed by atoms with Crippen LogP contribution >= 0.6 is 0 Å². The molecule has 126 valence electrons. The standard InChI is InChI=1S/C20H41N/c1-3-5-6-7-8-9-10-12-15-19-16-13-11-14-17-20(19)21-18-4-2/h19-21H,3-18H2,1-2H3. The Labute approximate surface area is 134 Å². The van der Waals surface area contributed by atoms with Gasteiger partial charge < -0.3 is 5.32 Å². The van der Waals surface area contributed by atoms with Crippen LogP contribution in [0, 0.1) is 5.92 Å². The first-order valence-electron chi connectivity index (χ1n) is 10.1. The molecule has 0 aromatic rings. The Morgan fingerprint density at radius 3 is 2.10 bits per heavy atom. The van der Waals surface area contributed by atoms with Gasteiger partial charge >= 0.3 is 0 Å². The molecule has 1 aliphatic carbocycles. The molecule has 1 heteroatoms. The van der Waals surface area contributed by atoms with Crippen molar-refractivity contribution in [1.82, 2.24) is 5.32 Å². The van der Waals surface area contributed by atoms with E-state index in [4.69, 9.17) is 0 Å². The van der Waals surface area contributed by atoms with Gasteiger partial charge in [-0.25, -0.2) is 0 Å². The highest BCUT2D eigenvalue weighted by Gasteiger charge is 2.22. The fourth-order valence-corrected chi connectivity index (χ4v) is 3.87. The van der Waals surface area contributed by atoms with Gasteiger partial charge in [-0.3, -0.25) is 0 Å². The smallest absolute Gasteiger partial charge is 0.00953 e. The molecule has 1 aliphatic rings. The first-order chi connectivity index (χ1) is 10.4. The monoisotopic (exact) mass is 295 g/mol. The molecule has 1 fully saturated rings. The number of unbranched alkanes of at least 4 members (excludes halogenated alkanes) is 7. The lowest BCUT2D eigenvalue weighted by atomic mass is 9.89. The van der Waals surface area contributed by atoms with Crippen LogP contribution in [0.2, 0.25) is 0 Å². The van der Waals surface area contributed by atoms with Crippen molar-refractivity contribution in [3.63, 3.8) is 0 Å². The van der Waals surface area contributed by atoms with Gasteiger partial charge in [0.05, 0.1) is 0 Å². The topological polar surface area (TPSA) is 12.0 Å². The van der Waals surface area contributed by atoms with Crippen LogP contribution in [-0.2, 0) is 0 Å². The van der Waals surface area contributed by atoms with Crippen LogP contribution in [-0.4, -0.2) is 12.6 Å². The van der Waals surface area contributed by atoms with Crippen LogP contribution in [0.4, 0.5) is 0 Å². The number of rotatable bonds is 12. The third-order valence-electron chi connectivity index (χ3n) is 5.24. The molecule has 21 heavy (non-hydrogen) atoms. The third kappa shape index (κ3) is 9.55. The number of hydrogen-bond acceptors (Lipinski definition) is 1. The van der Waals surface area contributed by atoms with E-state index in [2.05, 4.69) is 19.2 Å². The van der Waals surface area contributed by atoms with Gasteiger partial charge in [-0.15, -0.1) is 0 Å². The van der Waals surface area contributed by atoms with Crippen molar-refractivity contribution in [3.05, 3.63) is 0 Å². The Kier molecular flexibility index (Phi) is 12.3. The zero-order valence-electron chi connectivity index (χ0n) is 15.0. The zero-order valence-corrected chi connectivity index (χ0v) is 15.0. The SMILES string of the molecule is CCCCCCCCCCC1CCCCCC1NCCC. The molecule has 0 heterocycles. The molecule has 1 rings (SSSR count). The van der Waals surface area contributed by atoms with Gasteiger partial charge in [0.25, 0.3) is 0 Å². The minimum Gasteiger partial charge on any atom is -0.314 e. The van der Waals surface area contributed by atoms with Gasteiger partial charge in [0.1, 0.15) is 0 Å². The molecule has 0 amide bonds. The number of nitrogens with one attached hydrogen (secondary N) is 1. The summed E-state index contributed by atoms with van der Waals surface area (Å²) < 4.78 is 0. The largest absolute Gasteiger partial charge is 0.314 e. The Morgan fingerprint density at radius 1 is 0.714 bits per heavy atom. The van der Waals surface area contributed by atoms with Crippen LogP contribution < -0.4 is 5.32 Å². The normalized spacial score (nSPS) is 23.1. The quantitative estimate of drug-likeness (QED) is 0.321. The minimum absolute atomic E-state index is 0.831. The third-order valence-corrected chi connectivity index (χ3v) is 5.24. The van der Waals surface area contributed by atoms with Crippen molar-refractivity contribution >= 4 is 0 Å². The molecule has 0 spiro atoms. The molecule has 0 radical (unpaired) electrons. The maximum atomic E-state index is 3.84. The molecule has 0 aromatic heterocycles. The summed E-state index contributed by atoms with van der Waals surface area (Å²) in [5.41, 5.74) is 0. The van der Waals surface area contributed by atoms with E-state index in [0.717, 1.165) is 12.0 Å². The summed E-state index contributed by atoms with van der Waals surface area (Å²) in [5, 5.41) is 3.84. The van der Waals surface area contributed by atoms with E-state index in [-0.39, 0.29) is 0 Å². The predicted molar refractivity (Wildman–Crippen MR) is 95.9 cm³/mol. The van der Waals surface area contributed by atoms with Crippen LogP contribution in [0.15, 0.2) is 0 Å². The summed E-state index contributed by atoms with van der Waals surface area (Å²) in [6.07, 6.45) is 21.7.